The van der Waals surface area contributed by atoms with Gasteiger partial charge in [-0.2, -0.15) is 0 Å². The molecule has 6 nitrogen and oxygen atoms in total. The number of amides is 2. The molecule has 0 radical (unpaired) electrons. The molecule has 0 spiro atoms. The van der Waals surface area contributed by atoms with Gasteiger partial charge in [-0.1, -0.05) is 48.5 Å². The highest BCUT2D eigenvalue weighted by atomic mass is 16.5. The Bertz CT molecular complexity index is 704. The average molecular weight is 341 g/mol. The number of hydrogen-bond donors (Lipinski definition) is 2. The third-order valence-electron chi connectivity index (χ3n) is 3.59. The van der Waals surface area contributed by atoms with Crippen molar-refractivity contribution in [3.63, 3.8) is 0 Å². The molecule has 0 aromatic heterocycles. The first-order chi connectivity index (χ1) is 12.1. The van der Waals surface area contributed by atoms with E-state index in [-0.39, 0.29) is 24.8 Å². The van der Waals surface area contributed by atoms with Crippen molar-refractivity contribution in [3.05, 3.63) is 65.7 Å². The van der Waals surface area contributed by atoms with E-state index in [9.17, 15) is 9.59 Å². The summed E-state index contributed by atoms with van der Waals surface area (Å²) in [5.41, 5.74) is 6.75. The van der Waals surface area contributed by atoms with Crippen LogP contribution >= 0.6 is 0 Å². The molecule has 2 amide bonds. The molecule has 2 N–H and O–H groups in total. The molecule has 0 unspecified atom stereocenters. The van der Waals surface area contributed by atoms with Gasteiger partial charge < -0.3 is 4.74 Å². The third-order valence-corrected chi connectivity index (χ3v) is 3.59. The summed E-state index contributed by atoms with van der Waals surface area (Å²) < 4.78 is 5.21. The van der Waals surface area contributed by atoms with Crippen LogP contribution in [0.3, 0.4) is 0 Å². The first kappa shape index (κ1) is 18.5. The van der Waals surface area contributed by atoms with Gasteiger partial charge in [0.05, 0.1) is 20.1 Å². The maximum absolute atomic E-state index is 12.0. The second kappa shape index (κ2) is 9.44. The first-order valence-corrected chi connectivity index (χ1v) is 8.00. The van der Waals surface area contributed by atoms with Crippen LogP contribution in [0.5, 0.6) is 5.75 Å². The largest absolute Gasteiger partial charge is 0.496 e. The van der Waals surface area contributed by atoms with Gasteiger partial charge in [0.25, 0.3) is 5.91 Å². The maximum atomic E-state index is 12.0. The van der Waals surface area contributed by atoms with Crippen molar-refractivity contribution in [1.29, 1.82) is 0 Å². The fourth-order valence-electron chi connectivity index (χ4n) is 2.44. The molecule has 0 aliphatic heterocycles. The number of hydrogen-bond acceptors (Lipinski definition) is 4. The van der Waals surface area contributed by atoms with Crippen LogP contribution in [0.4, 0.5) is 0 Å². The number of methoxy groups -OCH3 is 1. The van der Waals surface area contributed by atoms with E-state index in [1.54, 1.807) is 13.2 Å². The van der Waals surface area contributed by atoms with E-state index in [0.717, 1.165) is 11.1 Å². The summed E-state index contributed by atoms with van der Waals surface area (Å²) in [5, 5.41) is 0. The minimum Gasteiger partial charge on any atom is -0.496 e. The number of carbonyl (C=O) groups is 2. The lowest BCUT2D eigenvalue weighted by molar-refractivity contribution is -0.129. The zero-order valence-corrected chi connectivity index (χ0v) is 14.5. The lowest BCUT2D eigenvalue weighted by atomic mass is 10.1. The second-order valence-corrected chi connectivity index (χ2v) is 5.74. The minimum absolute atomic E-state index is 0.129. The molecular weight excluding hydrogens is 318 g/mol. The molecule has 25 heavy (non-hydrogen) atoms. The Morgan fingerprint density at radius 2 is 1.60 bits per heavy atom. The summed E-state index contributed by atoms with van der Waals surface area (Å²) in [4.78, 5) is 25.8. The van der Waals surface area contributed by atoms with Gasteiger partial charge in [0.15, 0.2) is 0 Å². The van der Waals surface area contributed by atoms with Crippen LogP contribution in [0.15, 0.2) is 54.6 Å². The van der Waals surface area contributed by atoms with E-state index in [2.05, 4.69) is 10.9 Å². The van der Waals surface area contributed by atoms with E-state index in [4.69, 9.17) is 4.74 Å². The standard InChI is InChI=1S/C19H23N3O3/c1-22(13-15-8-4-3-5-9-15)14-19(24)21-20-18(23)12-16-10-6-7-11-17(16)25-2/h3-11H,12-14H2,1-2H3,(H,20,23)(H,21,24). The molecule has 0 aliphatic rings. The van der Waals surface area contributed by atoms with Crippen molar-refractivity contribution in [2.24, 2.45) is 0 Å². The number of ether oxygens (including phenoxy) is 1. The van der Waals surface area contributed by atoms with E-state index >= 15 is 0 Å². The van der Waals surface area contributed by atoms with Gasteiger partial charge in [-0.3, -0.25) is 25.3 Å². The lowest BCUT2D eigenvalue weighted by Gasteiger charge is -2.16. The van der Waals surface area contributed by atoms with Crippen molar-refractivity contribution in [1.82, 2.24) is 15.8 Å². The topological polar surface area (TPSA) is 70.7 Å². The molecule has 0 atom stereocenters. The highest BCUT2D eigenvalue weighted by Crippen LogP contribution is 2.17. The Kier molecular flexibility index (Phi) is 6.98. The average Bonchev–Trinajstić information content (AvgIpc) is 2.61. The molecule has 6 heteroatoms. The van der Waals surface area contributed by atoms with Crippen LogP contribution in [0.25, 0.3) is 0 Å². The molecule has 0 saturated carbocycles. The highest BCUT2D eigenvalue weighted by Gasteiger charge is 2.11. The fraction of sp³-hybridized carbons (Fsp3) is 0.263. The summed E-state index contributed by atoms with van der Waals surface area (Å²) in [6, 6.07) is 17.2. The van der Waals surface area contributed by atoms with Gasteiger partial charge in [0.2, 0.25) is 5.91 Å². The SMILES string of the molecule is COc1ccccc1CC(=O)NNC(=O)CN(C)Cc1ccccc1. The van der Waals surface area contributed by atoms with Crippen molar-refractivity contribution in [2.45, 2.75) is 13.0 Å². The van der Waals surface area contributed by atoms with Gasteiger partial charge in [-0.05, 0) is 18.7 Å². The molecule has 2 aromatic rings. The van der Waals surface area contributed by atoms with E-state index in [1.165, 1.54) is 0 Å². The van der Waals surface area contributed by atoms with Crippen LogP contribution in [0.1, 0.15) is 11.1 Å². The van der Waals surface area contributed by atoms with E-state index < -0.39 is 0 Å². The summed E-state index contributed by atoms with van der Waals surface area (Å²) in [6.45, 7) is 0.841. The number of likely N-dealkylation sites (N-methyl/N-ethyl adjacent to an activating group) is 1. The Morgan fingerprint density at radius 1 is 0.960 bits per heavy atom. The third kappa shape index (κ3) is 6.27. The number of carbonyl (C=O) groups excluding carboxylic acids is 2. The monoisotopic (exact) mass is 341 g/mol. The molecule has 0 saturated heterocycles. The van der Waals surface area contributed by atoms with Crippen LogP contribution in [0, 0.1) is 0 Å². The summed E-state index contributed by atoms with van der Waals surface area (Å²) >= 11 is 0. The molecule has 2 aromatic carbocycles. The van der Waals surface area contributed by atoms with E-state index in [1.807, 2.05) is 60.5 Å². The number of para-hydroxylation sites is 1. The predicted octanol–water partition coefficient (Wildman–Crippen LogP) is 1.52. The zero-order valence-electron chi connectivity index (χ0n) is 14.5. The number of rotatable bonds is 7. The summed E-state index contributed by atoms with van der Waals surface area (Å²) in [7, 11) is 3.41. The highest BCUT2D eigenvalue weighted by molar-refractivity contribution is 5.84. The van der Waals surface area contributed by atoms with Crippen LogP contribution < -0.4 is 15.6 Å². The van der Waals surface area contributed by atoms with Crippen molar-refractivity contribution >= 4 is 11.8 Å². The molecule has 0 heterocycles. The lowest BCUT2D eigenvalue weighted by Crippen LogP contribution is -2.46. The first-order valence-electron chi connectivity index (χ1n) is 8.00. The Hall–Kier alpha value is -2.86. The molecular formula is C19H23N3O3. The van der Waals surface area contributed by atoms with Crippen molar-refractivity contribution in [2.75, 3.05) is 20.7 Å². The quantitative estimate of drug-likeness (QED) is 0.749. The van der Waals surface area contributed by atoms with Crippen LogP contribution in [-0.2, 0) is 22.6 Å². The zero-order chi connectivity index (χ0) is 18.1. The molecule has 0 aliphatic carbocycles. The van der Waals surface area contributed by atoms with Gasteiger partial charge in [0.1, 0.15) is 5.75 Å². The summed E-state index contributed by atoms with van der Waals surface area (Å²) in [5.74, 6) is 0.0712. The number of nitrogens with one attached hydrogen (secondary N) is 2. The number of nitrogens with zero attached hydrogens (tertiary/aromatic N) is 1. The Labute approximate surface area is 147 Å². The normalized spacial score (nSPS) is 10.4. The van der Waals surface area contributed by atoms with Crippen LogP contribution in [0.2, 0.25) is 0 Å². The van der Waals surface area contributed by atoms with Crippen molar-refractivity contribution in [3.8, 4) is 5.75 Å². The minimum atomic E-state index is -0.302. The van der Waals surface area contributed by atoms with Crippen molar-refractivity contribution < 1.29 is 14.3 Å². The second-order valence-electron chi connectivity index (χ2n) is 5.74. The predicted molar refractivity (Wildman–Crippen MR) is 95.8 cm³/mol. The fourth-order valence-corrected chi connectivity index (χ4v) is 2.44. The maximum Gasteiger partial charge on any atom is 0.252 e. The van der Waals surface area contributed by atoms with Gasteiger partial charge >= 0.3 is 0 Å². The summed E-state index contributed by atoms with van der Waals surface area (Å²) in [6.07, 6.45) is 0.129. The van der Waals surface area contributed by atoms with Gasteiger partial charge in [-0.15, -0.1) is 0 Å². The molecule has 0 fully saturated rings. The van der Waals surface area contributed by atoms with Crippen LogP contribution in [-0.4, -0.2) is 37.4 Å². The Morgan fingerprint density at radius 3 is 2.32 bits per heavy atom. The molecule has 132 valence electrons. The molecule has 0 bridgehead atoms. The van der Waals surface area contributed by atoms with Gasteiger partial charge in [0, 0.05) is 12.1 Å². The smallest absolute Gasteiger partial charge is 0.252 e. The Balaban J connectivity index is 1.74. The molecule has 2 rings (SSSR count). The van der Waals surface area contributed by atoms with E-state index in [0.29, 0.717) is 12.3 Å². The number of benzene rings is 2. The number of hydrazine groups is 1. The van der Waals surface area contributed by atoms with Gasteiger partial charge in [-0.25, -0.2) is 0 Å².